The van der Waals surface area contributed by atoms with Crippen molar-refractivity contribution in [2.24, 2.45) is 5.92 Å². The minimum atomic E-state index is -0.321. The molecule has 3 rings (SSSR count). The zero-order valence-corrected chi connectivity index (χ0v) is 18.2. The van der Waals surface area contributed by atoms with Crippen molar-refractivity contribution in [3.63, 3.8) is 0 Å². The molecule has 0 unspecified atom stereocenters. The Balaban J connectivity index is 1.84. The van der Waals surface area contributed by atoms with Crippen LogP contribution in [0.1, 0.15) is 44.0 Å². The van der Waals surface area contributed by atoms with Crippen molar-refractivity contribution in [1.29, 1.82) is 0 Å². The van der Waals surface area contributed by atoms with Crippen molar-refractivity contribution < 1.29 is 24.0 Å². The Morgan fingerprint density at radius 2 is 1.76 bits per heavy atom. The molecular weight excluding hydrogens is 390 g/mol. The highest BCUT2D eigenvalue weighted by Crippen LogP contribution is 2.20. The standard InChI is InChI=1S/C21H29N3O4S/c1-4-23-17-8-7-16(20(26)28-6-3)13-18(17)24(21(23)29)14-22-11-9-15(10-12-22)19(25)27-5-2/h7-8,13,15H,4-6,9-12,14H2,1-3H3/p+1. The van der Waals surface area contributed by atoms with Gasteiger partial charge in [0.15, 0.2) is 11.4 Å². The highest BCUT2D eigenvalue weighted by atomic mass is 32.1. The first-order valence-corrected chi connectivity index (χ1v) is 10.8. The number of nitrogens with zero attached hydrogens (tertiary/aromatic N) is 2. The van der Waals surface area contributed by atoms with Crippen LogP contribution in [0.2, 0.25) is 0 Å². The van der Waals surface area contributed by atoms with Crippen LogP contribution in [0.3, 0.4) is 0 Å². The van der Waals surface area contributed by atoms with Gasteiger partial charge >= 0.3 is 11.9 Å². The summed E-state index contributed by atoms with van der Waals surface area (Å²) in [6.45, 7) is 9.74. The van der Waals surface area contributed by atoms with E-state index in [9.17, 15) is 9.59 Å². The summed E-state index contributed by atoms with van der Waals surface area (Å²) in [5, 5.41) is 0. The fourth-order valence-electron chi connectivity index (χ4n) is 4.02. The zero-order valence-electron chi connectivity index (χ0n) is 17.4. The third-order valence-electron chi connectivity index (χ3n) is 5.54. The van der Waals surface area contributed by atoms with E-state index in [0.29, 0.717) is 25.4 Å². The smallest absolute Gasteiger partial charge is 0.338 e. The van der Waals surface area contributed by atoms with Gasteiger partial charge in [-0.05, 0) is 51.2 Å². The molecule has 0 saturated carbocycles. The molecule has 1 aromatic heterocycles. The second-order valence-corrected chi connectivity index (χ2v) is 7.68. The first kappa shape index (κ1) is 21.5. The molecule has 1 fully saturated rings. The number of quaternary nitrogens is 1. The molecule has 2 heterocycles. The van der Waals surface area contributed by atoms with Crippen molar-refractivity contribution in [2.75, 3.05) is 26.3 Å². The Kier molecular flexibility index (Phi) is 7.08. The molecule has 0 spiro atoms. The first-order valence-electron chi connectivity index (χ1n) is 10.4. The van der Waals surface area contributed by atoms with Crippen LogP contribution in [0.5, 0.6) is 0 Å². The lowest BCUT2D eigenvalue weighted by Crippen LogP contribution is -3.12. The molecule has 29 heavy (non-hydrogen) atoms. The number of fused-ring (bicyclic) bond motifs is 1. The Labute approximate surface area is 176 Å². The quantitative estimate of drug-likeness (QED) is 0.549. The van der Waals surface area contributed by atoms with Crippen LogP contribution in [0, 0.1) is 10.7 Å². The predicted octanol–water partition coefficient (Wildman–Crippen LogP) is 2.18. The largest absolute Gasteiger partial charge is 0.466 e. The van der Waals surface area contributed by atoms with Crippen molar-refractivity contribution in [3.8, 4) is 0 Å². The van der Waals surface area contributed by atoms with E-state index in [1.54, 1.807) is 13.0 Å². The van der Waals surface area contributed by atoms with Gasteiger partial charge in [0, 0.05) is 19.4 Å². The Bertz CT molecular complexity index is 941. The maximum absolute atomic E-state index is 12.2. The number of benzene rings is 1. The topological polar surface area (TPSA) is 66.9 Å². The van der Waals surface area contributed by atoms with Crippen LogP contribution in [-0.2, 0) is 27.5 Å². The second-order valence-electron chi connectivity index (χ2n) is 7.31. The summed E-state index contributed by atoms with van der Waals surface area (Å²) in [5.41, 5.74) is 2.50. The number of ether oxygens (including phenoxy) is 2. The molecule has 0 atom stereocenters. The average Bonchev–Trinajstić information content (AvgIpc) is 2.99. The van der Waals surface area contributed by atoms with Gasteiger partial charge in [0.2, 0.25) is 0 Å². The van der Waals surface area contributed by atoms with E-state index in [1.165, 1.54) is 4.90 Å². The minimum absolute atomic E-state index is 0.000858. The monoisotopic (exact) mass is 420 g/mol. The third-order valence-corrected chi connectivity index (χ3v) is 5.98. The zero-order chi connectivity index (χ0) is 21.0. The van der Waals surface area contributed by atoms with Crippen molar-refractivity contribution in [1.82, 2.24) is 9.13 Å². The molecule has 158 valence electrons. The van der Waals surface area contributed by atoms with E-state index in [0.717, 1.165) is 48.3 Å². The van der Waals surface area contributed by atoms with Gasteiger partial charge in [0.25, 0.3) is 0 Å². The van der Waals surface area contributed by atoms with Crippen LogP contribution >= 0.6 is 12.2 Å². The Morgan fingerprint density at radius 3 is 2.38 bits per heavy atom. The minimum Gasteiger partial charge on any atom is -0.466 e. The summed E-state index contributed by atoms with van der Waals surface area (Å²) in [4.78, 5) is 25.6. The predicted molar refractivity (Wildman–Crippen MR) is 112 cm³/mol. The van der Waals surface area contributed by atoms with Crippen LogP contribution in [0.15, 0.2) is 18.2 Å². The summed E-state index contributed by atoms with van der Waals surface area (Å²) in [7, 11) is 0. The SMILES string of the molecule is CCOC(=O)c1ccc2c(c1)n(C[NH+]1CCC(C(=O)OCC)CC1)c(=S)n2CC. The molecule has 1 saturated heterocycles. The number of rotatable bonds is 7. The van der Waals surface area contributed by atoms with Gasteiger partial charge in [-0.25, -0.2) is 4.79 Å². The lowest BCUT2D eigenvalue weighted by atomic mass is 9.97. The summed E-state index contributed by atoms with van der Waals surface area (Å²) in [6.07, 6.45) is 1.64. The molecule has 1 N–H and O–H groups in total. The van der Waals surface area contributed by atoms with Gasteiger partial charge in [-0.1, -0.05) is 0 Å². The molecular formula is C21H30N3O4S+. The van der Waals surface area contributed by atoms with Crippen molar-refractivity contribution in [2.45, 2.75) is 46.8 Å². The summed E-state index contributed by atoms with van der Waals surface area (Å²) in [6, 6.07) is 5.61. The lowest BCUT2D eigenvalue weighted by molar-refractivity contribution is -0.928. The fourth-order valence-corrected chi connectivity index (χ4v) is 4.41. The van der Waals surface area contributed by atoms with E-state index >= 15 is 0 Å². The molecule has 8 heteroatoms. The van der Waals surface area contributed by atoms with E-state index in [4.69, 9.17) is 21.7 Å². The number of carbonyl (C=O) groups is 2. The number of aryl methyl sites for hydroxylation is 1. The molecule has 0 radical (unpaired) electrons. The highest BCUT2D eigenvalue weighted by Gasteiger charge is 2.29. The van der Waals surface area contributed by atoms with Crippen molar-refractivity contribution in [3.05, 3.63) is 28.5 Å². The molecule has 0 bridgehead atoms. The molecule has 1 aliphatic rings. The summed E-state index contributed by atoms with van der Waals surface area (Å²) >= 11 is 5.74. The van der Waals surface area contributed by atoms with E-state index in [2.05, 4.69) is 16.1 Å². The second kappa shape index (κ2) is 9.54. The molecule has 1 aliphatic heterocycles. The van der Waals surface area contributed by atoms with Gasteiger partial charge in [0.1, 0.15) is 0 Å². The Morgan fingerprint density at radius 1 is 1.07 bits per heavy atom. The number of esters is 2. The Hall–Kier alpha value is -2.19. The highest BCUT2D eigenvalue weighted by molar-refractivity contribution is 7.71. The first-order chi connectivity index (χ1) is 14.0. The normalized spacial score (nSPS) is 19.3. The maximum Gasteiger partial charge on any atom is 0.338 e. The third kappa shape index (κ3) is 4.53. The summed E-state index contributed by atoms with van der Waals surface area (Å²) < 4.78 is 15.3. The number of aromatic nitrogens is 2. The average molecular weight is 421 g/mol. The molecule has 2 aromatic rings. The van der Waals surface area contributed by atoms with Gasteiger partial charge in [-0.3, -0.25) is 9.36 Å². The van der Waals surface area contributed by atoms with Crippen LogP contribution in [0.25, 0.3) is 11.0 Å². The number of carbonyl (C=O) groups excluding carboxylic acids is 2. The molecule has 1 aromatic carbocycles. The number of hydrogen-bond acceptors (Lipinski definition) is 5. The van der Waals surface area contributed by atoms with Crippen LogP contribution in [0.4, 0.5) is 0 Å². The van der Waals surface area contributed by atoms with E-state index in [1.807, 2.05) is 19.1 Å². The number of imidazole rings is 1. The van der Waals surface area contributed by atoms with E-state index in [-0.39, 0.29) is 17.9 Å². The molecule has 0 aliphatic carbocycles. The van der Waals surface area contributed by atoms with Gasteiger partial charge in [0.05, 0.1) is 48.8 Å². The number of piperidine rings is 1. The lowest BCUT2D eigenvalue weighted by Gasteiger charge is -2.28. The van der Waals surface area contributed by atoms with Crippen LogP contribution < -0.4 is 4.90 Å². The summed E-state index contributed by atoms with van der Waals surface area (Å²) in [5.74, 6) is -0.400. The number of hydrogen-bond donors (Lipinski definition) is 1. The van der Waals surface area contributed by atoms with Gasteiger partial charge in [-0.15, -0.1) is 0 Å². The fraction of sp³-hybridized carbons (Fsp3) is 0.571. The number of likely N-dealkylation sites (tertiary alicyclic amines) is 1. The van der Waals surface area contributed by atoms with Gasteiger partial charge in [-0.2, -0.15) is 0 Å². The molecule has 7 nitrogen and oxygen atoms in total. The number of nitrogens with one attached hydrogen (secondary N) is 1. The maximum atomic E-state index is 12.2. The van der Waals surface area contributed by atoms with Crippen molar-refractivity contribution >= 4 is 35.2 Å². The van der Waals surface area contributed by atoms with E-state index < -0.39 is 0 Å². The van der Waals surface area contributed by atoms with Gasteiger partial charge < -0.3 is 18.9 Å². The van der Waals surface area contributed by atoms with Crippen LogP contribution in [-0.4, -0.2) is 47.4 Å². The molecule has 0 amide bonds.